The standard InChI is InChI=1S/C20H21ClN2O/c21-17-3-1-2-14(11-17)16-10-15-4-7-23-13-19(15)20(12-16)24-18-5-8-22-9-6-18/h1-4,7,10-13,15,18-19,22H,5-6,8-9H2. The van der Waals surface area contributed by atoms with Crippen LogP contribution in [0.1, 0.15) is 18.4 Å². The first-order chi connectivity index (χ1) is 11.8. The Bertz CT molecular complexity index is 729. The van der Waals surface area contributed by atoms with Gasteiger partial charge in [-0.25, -0.2) is 0 Å². The number of nitrogens with zero attached hydrogens (tertiary/aromatic N) is 1. The van der Waals surface area contributed by atoms with E-state index >= 15 is 0 Å². The number of allylic oxidation sites excluding steroid dienone is 5. The summed E-state index contributed by atoms with van der Waals surface area (Å²) >= 11 is 6.17. The zero-order valence-electron chi connectivity index (χ0n) is 13.5. The second kappa shape index (κ2) is 6.96. The van der Waals surface area contributed by atoms with Crippen LogP contribution in [0, 0.1) is 11.8 Å². The molecule has 0 radical (unpaired) electrons. The number of nitrogens with one attached hydrogen (secondary N) is 1. The molecule has 1 N–H and O–H groups in total. The normalized spacial score (nSPS) is 26.5. The van der Waals surface area contributed by atoms with Gasteiger partial charge in [-0.05, 0) is 55.3 Å². The van der Waals surface area contributed by atoms with Gasteiger partial charge < -0.3 is 10.1 Å². The van der Waals surface area contributed by atoms with Gasteiger partial charge in [-0.1, -0.05) is 35.9 Å². The van der Waals surface area contributed by atoms with Crippen LogP contribution in [0.15, 0.2) is 59.4 Å². The summed E-state index contributed by atoms with van der Waals surface area (Å²) in [6, 6.07) is 7.99. The molecule has 1 aliphatic carbocycles. The highest BCUT2D eigenvalue weighted by Crippen LogP contribution is 2.37. The van der Waals surface area contributed by atoms with Crippen LogP contribution in [0.25, 0.3) is 5.57 Å². The Labute approximate surface area is 147 Å². The van der Waals surface area contributed by atoms with Crippen molar-refractivity contribution in [3.63, 3.8) is 0 Å². The Kier molecular flexibility index (Phi) is 4.54. The fourth-order valence-corrected chi connectivity index (χ4v) is 3.69. The third kappa shape index (κ3) is 3.33. The van der Waals surface area contributed by atoms with Crippen molar-refractivity contribution in [2.24, 2.45) is 16.8 Å². The minimum absolute atomic E-state index is 0.202. The van der Waals surface area contributed by atoms with Gasteiger partial charge in [-0.3, -0.25) is 4.99 Å². The van der Waals surface area contributed by atoms with Crippen molar-refractivity contribution in [3.8, 4) is 0 Å². The zero-order chi connectivity index (χ0) is 16.4. The maximum atomic E-state index is 6.41. The molecular weight excluding hydrogens is 320 g/mol. The summed E-state index contributed by atoms with van der Waals surface area (Å²) < 4.78 is 6.41. The molecule has 2 heterocycles. The lowest BCUT2D eigenvalue weighted by Gasteiger charge is -2.32. The first-order valence-corrected chi connectivity index (χ1v) is 8.94. The Morgan fingerprint density at radius 2 is 2.08 bits per heavy atom. The number of hydrogen-bond acceptors (Lipinski definition) is 3. The highest BCUT2D eigenvalue weighted by atomic mass is 35.5. The molecular formula is C20H21ClN2O. The molecule has 3 aliphatic rings. The van der Waals surface area contributed by atoms with Gasteiger partial charge in [0, 0.05) is 23.4 Å². The first-order valence-electron chi connectivity index (χ1n) is 8.56. The van der Waals surface area contributed by atoms with Gasteiger partial charge in [0.15, 0.2) is 0 Å². The minimum atomic E-state index is 0.202. The molecule has 24 heavy (non-hydrogen) atoms. The zero-order valence-corrected chi connectivity index (χ0v) is 14.2. The molecule has 0 spiro atoms. The molecule has 4 heteroatoms. The molecule has 1 aromatic rings. The summed E-state index contributed by atoms with van der Waals surface area (Å²) in [7, 11) is 0. The van der Waals surface area contributed by atoms with Crippen LogP contribution in [0.3, 0.4) is 0 Å². The van der Waals surface area contributed by atoms with Crippen LogP contribution in [0.4, 0.5) is 0 Å². The number of hydrogen-bond donors (Lipinski definition) is 1. The first kappa shape index (κ1) is 15.7. The lowest BCUT2D eigenvalue weighted by Crippen LogP contribution is -2.34. The van der Waals surface area contributed by atoms with Crippen LogP contribution in [0.2, 0.25) is 5.02 Å². The largest absolute Gasteiger partial charge is 0.494 e. The number of piperidine rings is 1. The summed E-state index contributed by atoms with van der Waals surface area (Å²) in [6.45, 7) is 2.05. The second-order valence-electron chi connectivity index (χ2n) is 6.49. The van der Waals surface area contributed by atoms with Crippen LogP contribution in [-0.2, 0) is 4.74 Å². The quantitative estimate of drug-likeness (QED) is 0.893. The second-order valence-corrected chi connectivity index (χ2v) is 6.93. The predicted octanol–water partition coefficient (Wildman–Crippen LogP) is 4.22. The third-order valence-corrected chi connectivity index (χ3v) is 5.04. The van der Waals surface area contributed by atoms with Gasteiger partial charge in [-0.15, -0.1) is 0 Å². The van der Waals surface area contributed by atoms with E-state index in [1.807, 2.05) is 30.6 Å². The summed E-state index contributed by atoms with van der Waals surface area (Å²) in [5.74, 6) is 1.52. The summed E-state index contributed by atoms with van der Waals surface area (Å²) in [4.78, 5) is 4.33. The van der Waals surface area contributed by atoms with Crippen molar-refractivity contribution in [2.45, 2.75) is 18.9 Å². The molecule has 0 bridgehead atoms. The molecule has 2 unspecified atom stereocenters. The maximum Gasteiger partial charge on any atom is 0.106 e. The molecule has 1 fully saturated rings. The highest BCUT2D eigenvalue weighted by Gasteiger charge is 2.29. The fourth-order valence-electron chi connectivity index (χ4n) is 3.50. The lowest BCUT2D eigenvalue weighted by atomic mass is 9.82. The van der Waals surface area contributed by atoms with Crippen LogP contribution >= 0.6 is 11.6 Å². The Morgan fingerprint density at radius 3 is 2.92 bits per heavy atom. The molecule has 124 valence electrons. The van der Waals surface area contributed by atoms with Crippen molar-refractivity contribution >= 4 is 23.4 Å². The van der Waals surface area contributed by atoms with E-state index in [-0.39, 0.29) is 17.9 Å². The average molecular weight is 341 g/mol. The van der Waals surface area contributed by atoms with Crippen molar-refractivity contribution in [1.82, 2.24) is 5.32 Å². The van der Waals surface area contributed by atoms with Crippen LogP contribution in [-0.4, -0.2) is 25.4 Å². The number of benzene rings is 1. The van der Waals surface area contributed by atoms with E-state index in [0.29, 0.717) is 0 Å². The highest BCUT2D eigenvalue weighted by molar-refractivity contribution is 6.30. The van der Waals surface area contributed by atoms with E-state index in [2.05, 4.69) is 34.6 Å². The topological polar surface area (TPSA) is 33.6 Å². The molecule has 1 saturated heterocycles. The molecule has 4 rings (SSSR count). The van der Waals surface area contributed by atoms with Gasteiger partial charge in [-0.2, -0.15) is 0 Å². The lowest BCUT2D eigenvalue weighted by molar-refractivity contribution is 0.0735. The van der Waals surface area contributed by atoms with Gasteiger partial charge in [0.2, 0.25) is 0 Å². The molecule has 1 aromatic carbocycles. The van der Waals surface area contributed by atoms with E-state index in [1.165, 1.54) is 5.57 Å². The van der Waals surface area contributed by atoms with Gasteiger partial charge in [0.25, 0.3) is 0 Å². The van der Waals surface area contributed by atoms with Crippen molar-refractivity contribution in [1.29, 1.82) is 0 Å². The van der Waals surface area contributed by atoms with E-state index in [1.54, 1.807) is 0 Å². The van der Waals surface area contributed by atoms with Crippen molar-refractivity contribution in [3.05, 3.63) is 65.0 Å². The van der Waals surface area contributed by atoms with Gasteiger partial charge in [0.1, 0.15) is 11.9 Å². The third-order valence-electron chi connectivity index (χ3n) is 4.80. The minimum Gasteiger partial charge on any atom is -0.494 e. The SMILES string of the molecule is Clc1cccc(C2=CC3C=CN=CC3C(OC3CCNCC3)=C2)c1. The average Bonchev–Trinajstić information content (AvgIpc) is 2.62. The number of rotatable bonds is 3. The van der Waals surface area contributed by atoms with E-state index < -0.39 is 0 Å². The number of aliphatic imine (C=N–C) groups is 1. The van der Waals surface area contributed by atoms with Gasteiger partial charge in [0.05, 0.1) is 5.92 Å². The molecule has 0 aromatic heterocycles. The fraction of sp³-hybridized carbons (Fsp3) is 0.350. The van der Waals surface area contributed by atoms with Crippen LogP contribution < -0.4 is 5.32 Å². The predicted molar refractivity (Wildman–Crippen MR) is 99.1 cm³/mol. The number of halogens is 1. The smallest absolute Gasteiger partial charge is 0.106 e. The summed E-state index contributed by atoms with van der Waals surface area (Å²) in [5.41, 5.74) is 2.30. The molecule has 0 amide bonds. The van der Waals surface area contributed by atoms with E-state index in [0.717, 1.165) is 42.3 Å². The number of fused-ring (bicyclic) bond motifs is 1. The van der Waals surface area contributed by atoms with Crippen LogP contribution in [0.5, 0.6) is 0 Å². The Morgan fingerprint density at radius 1 is 1.21 bits per heavy atom. The summed E-state index contributed by atoms with van der Waals surface area (Å²) in [5, 5.41) is 4.14. The van der Waals surface area contributed by atoms with E-state index in [4.69, 9.17) is 16.3 Å². The maximum absolute atomic E-state index is 6.41. The number of ether oxygens (including phenoxy) is 1. The molecule has 0 saturated carbocycles. The van der Waals surface area contributed by atoms with Crippen molar-refractivity contribution in [2.75, 3.05) is 13.1 Å². The Hall–Kier alpha value is -1.84. The summed E-state index contributed by atoms with van der Waals surface area (Å²) in [6.07, 6.45) is 12.9. The Balaban J connectivity index is 1.65. The molecule has 3 nitrogen and oxygen atoms in total. The van der Waals surface area contributed by atoms with E-state index in [9.17, 15) is 0 Å². The monoisotopic (exact) mass is 340 g/mol. The molecule has 2 aliphatic heterocycles. The van der Waals surface area contributed by atoms with Gasteiger partial charge >= 0.3 is 0 Å². The molecule has 2 atom stereocenters. The van der Waals surface area contributed by atoms with Crippen molar-refractivity contribution < 1.29 is 4.74 Å².